The van der Waals surface area contributed by atoms with Gasteiger partial charge in [0.25, 0.3) is 11.8 Å². The number of benzene rings is 2. The van der Waals surface area contributed by atoms with Crippen molar-refractivity contribution in [2.24, 2.45) is 0 Å². The monoisotopic (exact) mass is 621 g/mol. The fourth-order valence-corrected chi connectivity index (χ4v) is 4.43. The third-order valence-electron chi connectivity index (χ3n) is 6.85. The van der Waals surface area contributed by atoms with Gasteiger partial charge in [0, 0.05) is 67.3 Å². The average Bonchev–Trinajstić information content (AvgIpc) is 3.04. The summed E-state index contributed by atoms with van der Waals surface area (Å²) in [6.45, 7) is 6.94. The highest BCUT2D eigenvalue weighted by Gasteiger charge is 2.23. The summed E-state index contributed by atoms with van der Waals surface area (Å²) in [6.07, 6.45) is 10.4. The highest BCUT2D eigenvalue weighted by atomic mass is 16.2. The van der Waals surface area contributed by atoms with Crippen molar-refractivity contribution in [1.82, 2.24) is 24.8 Å². The van der Waals surface area contributed by atoms with E-state index < -0.39 is 17.9 Å². The molecule has 0 aliphatic carbocycles. The summed E-state index contributed by atoms with van der Waals surface area (Å²) >= 11 is 0. The van der Waals surface area contributed by atoms with Crippen molar-refractivity contribution in [2.45, 2.75) is 19.4 Å². The summed E-state index contributed by atoms with van der Waals surface area (Å²) in [5.41, 5.74) is 1.94. The number of fused-ring (bicyclic) bond motifs is 1. The lowest BCUT2D eigenvalue weighted by atomic mass is 10.1. The van der Waals surface area contributed by atoms with Crippen LogP contribution in [0.15, 0.2) is 91.9 Å². The zero-order chi connectivity index (χ0) is 33.1. The highest BCUT2D eigenvalue weighted by molar-refractivity contribution is 6.08. The van der Waals surface area contributed by atoms with Crippen molar-refractivity contribution in [2.75, 3.05) is 55.5 Å². The van der Waals surface area contributed by atoms with Crippen LogP contribution in [0.25, 0.3) is 10.8 Å². The van der Waals surface area contributed by atoms with Gasteiger partial charge in [0.05, 0.1) is 0 Å². The molecule has 0 aliphatic heterocycles. The van der Waals surface area contributed by atoms with Crippen LogP contribution in [0.1, 0.15) is 23.7 Å². The van der Waals surface area contributed by atoms with Crippen molar-refractivity contribution in [3.63, 3.8) is 0 Å². The Hall–Kier alpha value is -5.62. The molecule has 4 rings (SSSR count). The van der Waals surface area contributed by atoms with Crippen molar-refractivity contribution in [3.8, 4) is 0 Å². The fourth-order valence-electron chi connectivity index (χ4n) is 4.43. The predicted octanol–water partition coefficient (Wildman–Crippen LogP) is 4.91. The van der Waals surface area contributed by atoms with E-state index in [-0.39, 0.29) is 11.5 Å². The predicted molar refractivity (Wildman–Crippen MR) is 183 cm³/mol. The van der Waals surface area contributed by atoms with Gasteiger partial charge in [0.1, 0.15) is 17.4 Å². The van der Waals surface area contributed by atoms with E-state index in [1.165, 1.54) is 30.3 Å². The molecule has 0 aliphatic rings. The Balaban J connectivity index is 1.45. The molecule has 4 N–H and O–H groups in total. The Morgan fingerprint density at radius 3 is 2.48 bits per heavy atom. The highest BCUT2D eigenvalue weighted by Crippen LogP contribution is 2.23. The molecule has 0 saturated heterocycles. The third-order valence-corrected chi connectivity index (χ3v) is 6.85. The topological polar surface area (TPSA) is 144 Å². The van der Waals surface area contributed by atoms with Gasteiger partial charge in [-0.25, -0.2) is 4.98 Å². The standard InChI is InChI=1S/C34H39N9O3/c1-6-16-36-31-28(22-37-34(41-31)40-27-14-13-24-21-35-17-15-23(24)19-27)32(45)38-25-10-8-11-26(20-25)39-33(46)29(7-2)43(5)30(44)12-9-18-42(3)4/h7-15,17,19-22,29H,2,6,16,18H2,1,3-5H3,(H,38,45)(H,39,46)(H2,36,37,40,41)/b12-9+/t29-/m0/s1. The van der Waals surface area contributed by atoms with Crippen molar-refractivity contribution >= 4 is 57.3 Å². The molecule has 0 spiro atoms. The number of nitrogens with zero attached hydrogens (tertiary/aromatic N) is 5. The lowest BCUT2D eigenvalue weighted by molar-refractivity contribution is -0.131. The molecule has 0 fully saturated rings. The quantitative estimate of drug-likeness (QED) is 0.114. The van der Waals surface area contributed by atoms with Crippen molar-refractivity contribution in [3.05, 3.63) is 97.5 Å². The van der Waals surface area contributed by atoms with E-state index in [2.05, 4.69) is 42.8 Å². The van der Waals surface area contributed by atoms with Crippen LogP contribution in [0.5, 0.6) is 0 Å². The van der Waals surface area contributed by atoms with Gasteiger partial charge in [-0.3, -0.25) is 19.4 Å². The summed E-state index contributed by atoms with van der Waals surface area (Å²) in [5.74, 6) is -0.477. The van der Waals surface area contributed by atoms with Crippen LogP contribution < -0.4 is 21.3 Å². The van der Waals surface area contributed by atoms with Crippen LogP contribution in [0.3, 0.4) is 0 Å². The number of rotatable bonds is 14. The summed E-state index contributed by atoms with van der Waals surface area (Å²) in [5, 5.41) is 14.1. The second-order valence-corrected chi connectivity index (χ2v) is 10.8. The maximum absolute atomic E-state index is 13.4. The normalized spacial score (nSPS) is 11.7. The first-order valence-corrected chi connectivity index (χ1v) is 14.8. The van der Waals surface area contributed by atoms with E-state index >= 15 is 0 Å². The van der Waals surface area contributed by atoms with Gasteiger partial charge < -0.3 is 31.1 Å². The number of nitrogens with one attached hydrogen (secondary N) is 4. The lowest BCUT2D eigenvalue weighted by Crippen LogP contribution is -2.43. The van der Waals surface area contributed by atoms with E-state index in [9.17, 15) is 14.4 Å². The smallest absolute Gasteiger partial charge is 0.260 e. The van der Waals surface area contributed by atoms with Crippen molar-refractivity contribution < 1.29 is 14.4 Å². The number of carbonyl (C=O) groups is 3. The largest absolute Gasteiger partial charge is 0.369 e. The number of anilines is 5. The van der Waals surface area contributed by atoms with Gasteiger partial charge in [-0.2, -0.15) is 4.98 Å². The molecule has 3 amide bonds. The Bertz CT molecular complexity index is 1740. The number of likely N-dealkylation sites (N-methyl/N-ethyl adjacent to an activating group) is 2. The second kappa shape index (κ2) is 15.9. The first kappa shape index (κ1) is 33.3. The number of aromatic nitrogens is 3. The Kier molecular flexibility index (Phi) is 11.5. The molecule has 0 unspecified atom stereocenters. The molecular formula is C34H39N9O3. The molecule has 12 nitrogen and oxygen atoms in total. The van der Waals surface area contributed by atoms with E-state index in [4.69, 9.17) is 0 Å². The van der Waals surface area contributed by atoms with Crippen LogP contribution in [0.2, 0.25) is 0 Å². The molecule has 2 heterocycles. The Morgan fingerprint density at radius 1 is 0.957 bits per heavy atom. The maximum Gasteiger partial charge on any atom is 0.260 e. The molecule has 2 aromatic carbocycles. The molecular weight excluding hydrogens is 582 g/mol. The first-order valence-electron chi connectivity index (χ1n) is 14.8. The molecule has 0 bridgehead atoms. The van der Waals surface area contributed by atoms with E-state index in [0.717, 1.165) is 22.9 Å². The molecule has 0 saturated carbocycles. The first-order chi connectivity index (χ1) is 22.2. The zero-order valence-corrected chi connectivity index (χ0v) is 26.4. The molecule has 1 atom stereocenters. The van der Waals surface area contributed by atoms with Crippen LogP contribution >= 0.6 is 0 Å². The van der Waals surface area contributed by atoms with Crippen LogP contribution in [0.4, 0.5) is 28.8 Å². The Morgan fingerprint density at radius 2 is 1.74 bits per heavy atom. The molecule has 0 radical (unpaired) electrons. The fraction of sp³-hybridized carbons (Fsp3) is 0.235. The summed E-state index contributed by atoms with van der Waals surface area (Å²) < 4.78 is 0. The summed E-state index contributed by atoms with van der Waals surface area (Å²) in [4.78, 5) is 55.4. The minimum absolute atomic E-state index is 0.257. The van der Waals surface area contributed by atoms with Crippen molar-refractivity contribution in [1.29, 1.82) is 0 Å². The third kappa shape index (κ3) is 8.96. The van der Waals surface area contributed by atoms with Gasteiger partial charge in [-0.15, -0.1) is 6.58 Å². The second-order valence-electron chi connectivity index (χ2n) is 10.8. The number of pyridine rings is 1. The van der Waals surface area contributed by atoms with E-state index in [1.54, 1.807) is 42.7 Å². The minimum Gasteiger partial charge on any atom is -0.369 e. The zero-order valence-electron chi connectivity index (χ0n) is 26.4. The number of hydrogen-bond acceptors (Lipinski definition) is 9. The van der Waals surface area contributed by atoms with Gasteiger partial charge in [0.2, 0.25) is 11.9 Å². The molecule has 2 aromatic heterocycles. The molecule has 12 heteroatoms. The van der Waals surface area contributed by atoms with Crippen LogP contribution in [-0.2, 0) is 9.59 Å². The minimum atomic E-state index is -0.905. The number of carbonyl (C=O) groups excluding carboxylic acids is 3. The number of amides is 3. The van der Waals surface area contributed by atoms with Crippen LogP contribution in [-0.4, -0.2) is 82.7 Å². The summed E-state index contributed by atoms with van der Waals surface area (Å²) in [7, 11) is 5.33. The molecule has 46 heavy (non-hydrogen) atoms. The van der Waals surface area contributed by atoms with Gasteiger partial charge in [-0.05, 0) is 62.3 Å². The summed E-state index contributed by atoms with van der Waals surface area (Å²) in [6, 6.07) is 13.6. The van der Waals surface area contributed by atoms with Gasteiger partial charge in [-0.1, -0.05) is 31.2 Å². The number of hydrogen-bond donors (Lipinski definition) is 4. The molecule has 238 valence electrons. The van der Waals surface area contributed by atoms with E-state index in [1.807, 2.05) is 50.2 Å². The van der Waals surface area contributed by atoms with E-state index in [0.29, 0.717) is 36.2 Å². The lowest BCUT2D eigenvalue weighted by Gasteiger charge is -2.23. The van der Waals surface area contributed by atoms with Gasteiger partial charge >= 0.3 is 0 Å². The molecule has 4 aromatic rings. The Labute approximate surface area is 268 Å². The van der Waals surface area contributed by atoms with Crippen LogP contribution in [0, 0.1) is 0 Å². The van der Waals surface area contributed by atoms with Gasteiger partial charge in [0.15, 0.2) is 0 Å². The maximum atomic E-state index is 13.4. The average molecular weight is 622 g/mol. The SMILES string of the molecule is C=C[C@@H](C(=O)Nc1cccc(NC(=O)c2cnc(Nc3ccc4cnccc4c3)nc2NCCC)c1)N(C)C(=O)/C=C/CN(C)C.